The second-order valence-corrected chi connectivity index (χ2v) is 7.92. The Morgan fingerprint density at radius 3 is 2.58 bits per heavy atom. The van der Waals surface area contributed by atoms with E-state index in [1.165, 1.54) is 12.1 Å². The Hall–Kier alpha value is -3.42. The number of imidazole rings is 1. The van der Waals surface area contributed by atoms with E-state index >= 15 is 0 Å². The Labute approximate surface area is 178 Å². The van der Waals surface area contributed by atoms with Crippen molar-refractivity contribution >= 4 is 22.8 Å². The van der Waals surface area contributed by atoms with Crippen molar-refractivity contribution in [1.82, 2.24) is 20.2 Å². The number of rotatable bonds is 6. The predicted molar refractivity (Wildman–Crippen MR) is 115 cm³/mol. The number of aryl methyl sites for hydroxylation is 1. The lowest BCUT2D eigenvalue weighted by molar-refractivity contribution is -0.132. The van der Waals surface area contributed by atoms with Crippen LogP contribution in [0.3, 0.4) is 0 Å². The Morgan fingerprint density at radius 1 is 1.06 bits per heavy atom. The van der Waals surface area contributed by atoms with E-state index in [0.717, 1.165) is 29.4 Å². The highest BCUT2D eigenvalue weighted by Crippen LogP contribution is 2.16. The molecule has 0 saturated carbocycles. The first-order valence-corrected chi connectivity index (χ1v) is 10.5. The highest BCUT2D eigenvalue weighted by atomic mass is 19.1. The minimum Gasteiger partial charge on any atom is -0.349 e. The van der Waals surface area contributed by atoms with Gasteiger partial charge >= 0.3 is 5.69 Å². The quantitative estimate of drug-likeness (QED) is 0.568. The number of fused-ring (bicyclic) bond motifs is 1. The first-order valence-electron chi connectivity index (χ1n) is 10.5. The average molecular weight is 424 g/mol. The zero-order valence-electron chi connectivity index (χ0n) is 17.1. The topological polar surface area (TPSA) is 98.1 Å². The number of carbonyl (C=O) groups is 2. The van der Waals surface area contributed by atoms with Crippen LogP contribution in [0.1, 0.15) is 41.6 Å². The largest absolute Gasteiger partial charge is 0.349 e. The van der Waals surface area contributed by atoms with Crippen molar-refractivity contribution in [3.8, 4) is 0 Å². The molecule has 31 heavy (non-hydrogen) atoms. The number of H-pyrrole nitrogens is 2. The summed E-state index contributed by atoms with van der Waals surface area (Å²) in [5.41, 5.74) is 2.44. The molecule has 0 radical (unpaired) electrons. The van der Waals surface area contributed by atoms with Gasteiger partial charge in [0.25, 0.3) is 5.91 Å². The van der Waals surface area contributed by atoms with Crippen LogP contribution in [0.5, 0.6) is 0 Å². The Morgan fingerprint density at radius 2 is 1.81 bits per heavy atom. The number of hydrogen-bond acceptors (Lipinski definition) is 3. The summed E-state index contributed by atoms with van der Waals surface area (Å²) >= 11 is 0. The molecule has 3 N–H and O–H groups in total. The number of nitrogens with zero attached hydrogens (tertiary/aromatic N) is 1. The number of aromatic amines is 2. The van der Waals surface area contributed by atoms with E-state index in [-0.39, 0.29) is 23.2 Å². The molecule has 0 unspecified atom stereocenters. The van der Waals surface area contributed by atoms with Crippen molar-refractivity contribution in [1.29, 1.82) is 0 Å². The number of halogens is 1. The number of likely N-dealkylation sites (tertiary alicyclic amines) is 1. The van der Waals surface area contributed by atoms with E-state index in [0.29, 0.717) is 32.4 Å². The zero-order valence-corrected chi connectivity index (χ0v) is 17.1. The van der Waals surface area contributed by atoms with Crippen molar-refractivity contribution in [2.75, 3.05) is 13.1 Å². The summed E-state index contributed by atoms with van der Waals surface area (Å²) in [7, 11) is 0. The fraction of sp³-hybridized carbons (Fsp3) is 0.348. The van der Waals surface area contributed by atoms with Gasteiger partial charge in [-0.2, -0.15) is 0 Å². The Balaban J connectivity index is 1.21. The maximum atomic E-state index is 13.8. The van der Waals surface area contributed by atoms with Gasteiger partial charge in [0.15, 0.2) is 0 Å². The molecule has 2 amide bonds. The fourth-order valence-electron chi connectivity index (χ4n) is 4.02. The first kappa shape index (κ1) is 20.8. The fourth-order valence-corrected chi connectivity index (χ4v) is 4.02. The van der Waals surface area contributed by atoms with Gasteiger partial charge in [-0.1, -0.05) is 18.2 Å². The number of carbonyl (C=O) groups excluding carboxylic acids is 2. The van der Waals surface area contributed by atoms with Crippen LogP contribution in [0.25, 0.3) is 11.0 Å². The number of amides is 2. The highest BCUT2D eigenvalue weighted by Gasteiger charge is 2.24. The third-order valence-corrected chi connectivity index (χ3v) is 5.74. The van der Waals surface area contributed by atoms with Crippen LogP contribution in [-0.2, 0) is 11.2 Å². The SMILES string of the molecule is O=C(NC1CCN(C(=O)CCCc2ccc3[nH]c(=O)[nH]c3c2)CC1)c1ccccc1F. The van der Waals surface area contributed by atoms with Crippen LogP contribution >= 0.6 is 0 Å². The van der Waals surface area contributed by atoms with Gasteiger partial charge in [0.05, 0.1) is 16.6 Å². The summed E-state index contributed by atoms with van der Waals surface area (Å²) < 4.78 is 13.8. The minimum atomic E-state index is -0.533. The third-order valence-electron chi connectivity index (χ3n) is 5.74. The average Bonchev–Trinajstić information content (AvgIpc) is 3.13. The molecule has 4 rings (SSSR count). The molecule has 1 aromatic heterocycles. The molecule has 0 bridgehead atoms. The normalized spacial score (nSPS) is 14.7. The molecule has 0 aliphatic carbocycles. The molecule has 3 aromatic rings. The number of hydrogen-bond donors (Lipinski definition) is 3. The molecular weight excluding hydrogens is 399 g/mol. The van der Waals surface area contributed by atoms with Crippen LogP contribution in [0, 0.1) is 5.82 Å². The van der Waals surface area contributed by atoms with Crippen LogP contribution in [0.2, 0.25) is 0 Å². The highest BCUT2D eigenvalue weighted by molar-refractivity contribution is 5.94. The van der Waals surface area contributed by atoms with Gasteiger partial charge in [-0.3, -0.25) is 9.59 Å². The van der Waals surface area contributed by atoms with Crippen molar-refractivity contribution in [2.45, 2.75) is 38.1 Å². The van der Waals surface area contributed by atoms with Crippen molar-refractivity contribution < 1.29 is 14.0 Å². The van der Waals surface area contributed by atoms with E-state index < -0.39 is 11.7 Å². The summed E-state index contributed by atoms with van der Waals surface area (Å²) in [6, 6.07) is 11.6. The maximum absolute atomic E-state index is 13.8. The van der Waals surface area contributed by atoms with Gasteiger partial charge in [0.2, 0.25) is 5.91 Å². The summed E-state index contributed by atoms with van der Waals surface area (Å²) in [6.07, 6.45) is 3.24. The molecule has 7 nitrogen and oxygen atoms in total. The Kier molecular flexibility index (Phi) is 6.16. The van der Waals surface area contributed by atoms with E-state index in [1.807, 2.05) is 23.1 Å². The summed E-state index contributed by atoms with van der Waals surface area (Å²) in [5, 5.41) is 2.87. The van der Waals surface area contributed by atoms with Crippen LogP contribution in [-0.4, -0.2) is 45.8 Å². The van der Waals surface area contributed by atoms with Gasteiger partial charge < -0.3 is 20.2 Å². The van der Waals surface area contributed by atoms with Crippen molar-refractivity contribution in [2.24, 2.45) is 0 Å². The van der Waals surface area contributed by atoms with Crippen LogP contribution in [0.4, 0.5) is 4.39 Å². The minimum absolute atomic E-state index is 0.0444. The standard InChI is InChI=1S/C23H25FN4O3/c24-18-6-2-1-5-17(18)22(30)25-16-10-12-28(13-11-16)21(29)7-3-4-15-8-9-19-20(14-15)27-23(31)26-19/h1-2,5-6,8-9,14,16H,3-4,7,10-13H2,(H,25,30)(H2,26,27,31). The van der Waals surface area contributed by atoms with Gasteiger partial charge in [0, 0.05) is 25.6 Å². The molecule has 0 spiro atoms. The second-order valence-electron chi connectivity index (χ2n) is 7.92. The lowest BCUT2D eigenvalue weighted by Crippen LogP contribution is -2.46. The summed E-state index contributed by atoms with van der Waals surface area (Å²) in [4.78, 5) is 43.4. The van der Waals surface area contributed by atoms with E-state index in [1.54, 1.807) is 12.1 Å². The molecular formula is C23H25FN4O3. The second kappa shape index (κ2) is 9.16. The molecule has 1 fully saturated rings. The predicted octanol–water partition coefficient (Wildman–Crippen LogP) is 2.74. The monoisotopic (exact) mass is 424 g/mol. The number of aromatic nitrogens is 2. The number of piperidine rings is 1. The Bertz CT molecular complexity index is 1140. The maximum Gasteiger partial charge on any atom is 0.323 e. The van der Waals surface area contributed by atoms with Gasteiger partial charge in [0.1, 0.15) is 5.82 Å². The van der Waals surface area contributed by atoms with Gasteiger partial charge in [-0.05, 0) is 55.5 Å². The van der Waals surface area contributed by atoms with E-state index in [4.69, 9.17) is 0 Å². The zero-order chi connectivity index (χ0) is 21.8. The van der Waals surface area contributed by atoms with Crippen LogP contribution in [0.15, 0.2) is 47.3 Å². The summed E-state index contributed by atoms with van der Waals surface area (Å²) in [6.45, 7) is 1.16. The molecule has 0 atom stereocenters. The lowest BCUT2D eigenvalue weighted by Gasteiger charge is -2.32. The third kappa shape index (κ3) is 5.02. The molecule has 162 valence electrons. The molecule has 2 heterocycles. The van der Waals surface area contributed by atoms with Crippen LogP contribution < -0.4 is 11.0 Å². The first-order chi connectivity index (χ1) is 15.0. The smallest absolute Gasteiger partial charge is 0.323 e. The number of benzene rings is 2. The van der Waals surface area contributed by atoms with Crippen molar-refractivity contribution in [3.63, 3.8) is 0 Å². The molecule has 1 aliphatic heterocycles. The van der Waals surface area contributed by atoms with E-state index in [2.05, 4.69) is 15.3 Å². The van der Waals surface area contributed by atoms with Gasteiger partial charge in [-0.15, -0.1) is 0 Å². The van der Waals surface area contributed by atoms with Gasteiger partial charge in [-0.25, -0.2) is 9.18 Å². The summed E-state index contributed by atoms with van der Waals surface area (Å²) in [5.74, 6) is -0.840. The van der Waals surface area contributed by atoms with E-state index in [9.17, 15) is 18.8 Å². The molecule has 8 heteroatoms. The molecule has 1 saturated heterocycles. The van der Waals surface area contributed by atoms with Crippen molar-refractivity contribution in [3.05, 3.63) is 69.9 Å². The number of nitrogens with one attached hydrogen (secondary N) is 3. The lowest BCUT2D eigenvalue weighted by atomic mass is 10.0. The molecule has 2 aromatic carbocycles. The molecule has 1 aliphatic rings.